The van der Waals surface area contributed by atoms with Crippen molar-refractivity contribution in [3.8, 4) is 0 Å². The Morgan fingerprint density at radius 1 is 0.662 bits per heavy atom. The lowest BCUT2D eigenvalue weighted by Crippen LogP contribution is -2.66. The second-order valence-corrected chi connectivity index (χ2v) is 43.8. The second-order valence-electron chi connectivity index (χ2n) is 25.2. The number of benzene rings is 2. The molecule has 1 fully saturated rings. The molecular weight excluding hydrogens is 873 g/mol. The number of carbonyl (C=O) groups is 1. The van der Waals surface area contributed by atoms with Crippen LogP contribution in [0.15, 0.2) is 85.0 Å². The number of hydrogen-bond donors (Lipinski definition) is 0. The monoisotopic (exact) mass is 965 g/mol. The summed E-state index contributed by atoms with van der Waals surface area (Å²) in [7, 11) is -9.56. The Kier molecular flexibility index (Phi) is 18.3. The zero-order valence-electron chi connectivity index (χ0n) is 44.6. The maximum absolute atomic E-state index is 14.2. The Morgan fingerprint density at radius 2 is 1.14 bits per heavy atom. The van der Waals surface area contributed by atoms with Gasteiger partial charge >= 0.3 is 5.97 Å². The van der Waals surface area contributed by atoms with E-state index in [-0.39, 0.29) is 68.5 Å². The fourth-order valence-electron chi connectivity index (χ4n) is 8.06. The molecule has 2 aliphatic heterocycles. The van der Waals surface area contributed by atoms with E-state index in [4.69, 9.17) is 27.2 Å². The van der Waals surface area contributed by atoms with Gasteiger partial charge in [-0.1, -0.05) is 182 Å². The number of fused-ring (bicyclic) bond motifs is 1. The van der Waals surface area contributed by atoms with Crippen LogP contribution in [0.2, 0.25) is 59.4 Å². The van der Waals surface area contributed by atoms with E-state index in [9.17, 15) is 4.79 Å². The highest BCUT2D eigenvalue weighted by Crippen LogP contribution is 2.44. The summed E-state index contributed by atoms with van der Waals surface area (Å²) in [5.41, 5.74) is 0. The Hall–Kier alpha value is -1.94. The number of carbonyl (C=O) groups excluding carboxylic acids is 1. The van der Waals surface area contributed by atoms with Crippen molar-refractivity contribution in [3.63, 3.8) is 0 Å². The van der Waals surface area contributed by atoms with Crippen LogP contribution in [-0.2, 0) is 32.0 Å². The molecule has 2 aromatic carbocycles. The molecule has 0 radical (unpaired) electrons. The molecule has 2 heterocycles. The molecule has 0 aromatic heterocycles. The topological polar surface area (TPSA) is 75.8 Å². The van der Waals surface area contributed by atoms with Crippen LogP contribution in [0.5, 0.6) is 0 Å². The minimum atomic E-state index is -2.78. The number of ether oxygens (including phenoxy) is 2. The molecule has 65 heavy (non-hydrogen) atoms. The van der Waals surface area contributed by atoms with Gasteiger partial charge in [-0.25, -0.2) is 0 Å². The Labute approximate surface area is 401 Å². The molecule has 2 aromatic rings. The smallest absolute Gasteiger partial charge is 0.306 e. The zero-order valence-corrected chi connectivity index (χ0v) is 48.6. The van der Waals surface area contributed by atoms with Crippen molar-refractivity contribution in [3.05, 3.63) is 85.0 Å². The van der Waals surface area contributed by atoms with Gasteiger partial charge in [0, 0.05) is 19.4 Å². The maximum atomic E-state index is 14.2. The SMILES string of the molecule is C[C@H]1C/C=C/[C@H](O[Si](C)(C)C(C)(C)C)[C@@H](O[Si](C)(C)C(C)(C)C)/C=C/[C@@H]2O[C@H]2C[C@@H]([C@H](C[C@@H](C)CO[Si](c2ccccc2)(c2ccccc2)C(C)(C)C)O[Si](C)(C)C(C)(C)C)OC(=O)C1. The van der Waals surface area contributed by atoms with Crippen LogP contribution in [0.3, 0.4) is 0 Å². The molecule has 1 saturated heterocycles. The van der Waals surface area contributed by atoms with Crippen LogP contribution in [-0.4, -0.2) is 82.5 Å². The molecule has 366 valence electrons. The van der Waals surface area contributed by atoms with Gasteiger partial charge in [0.2, 0.25) is 0 Å². The van der Waals surface area contributed by atoms with E-state index in [1.807, 2.05) is 0 Å². The van der Waals surface area contributed by atoms with Crippen LogP contribution in [0.4, 0.5) is 0 Å². The number of hydrogen-bond acceptors (Lipinski definition) is 7. The van der Waals surface area contributed by atoms with E-state index in [0.717, 1.165) is 6.42 Å². The van der Waals surface area contributed by atoms with Crippen molar-refractivity contribution in [1.29, 1.82) is 0 Å². The third-order valence-electron chi connectivity index (χ3n) is 15.3. The summed E-state index contributed by atoms with van der Waals surface area (Å²) in [4.78, 5) is 14.2. The van der Waals surface area contributed by atoms with Gasteiger partial charge in [0.1, 0.15) is 12.2 Å². The minimum absolute atomic E-state index is 0.0159. The molecule has 0 bridgehead atoms. The van der Waals surface area contributed by atoms with Crippen LogP contribution < -0.4 is 10.4 Å². The van der Waals surface area contributed by atoms with Gasteiger partial charge in [0.05, 0.1) is 24.4 Å². The van der Waals surface area contributed by atoms with E-state index >= 15 is 0 Å². The summed E-state index contributed by atoms with van der Waals surface area (Å²) in [5.74, 6) is -0.0174. The Balaban J connectivity index is 1.73. The summed E-state index contributed by atoms with van der Waals surface area (Å²) in [6.45, 7) is 46.4. The number of allylic oxidation sites excluding steroid dienone is 1. The van der Waals surface area contributed by atoms with E-state index in [1.54, 1.807) is 0 Å². The maximum Gasteiger partial charge on any atom is 0.306 e. The molecule has 0 amide bonds. The molecule has 8 atom stereocenters. The average Bonchev–Trinajstić information content (AvgIpc) is 3.91. The van der Waals surface area contributed by atoms with Gasteiger partial charge in [-0.3, -0.25) is 4.79 Å². The fourth-order valence-corrected chi connectivity index (χ4v) is 16.6. The van der Waals surface area contributed by atoms with Gasteiger partial charge in [-0.15, -0.1) is 0 Å². The van der Waals surface area contributed by atoms with Crippen molar-refractivity contribution in [2.24, 2.45) is 11.8 Å². The molecule has 11 heteroatoms. The van der Waals surface area contributed by atoms with Crippen LogP contribution in [0, 0.1) is 11.8 Å². The first-order chi connectivity index (χ1) is 29.7. The summed E-state index contributed by atoms with van der Waals surface area (Å²) < 4.78 is 42.5. The zero-order chi connectivity index (χ0) is 49.0. The largest absolute Gasteiger partial charge is 0.460 e. The van der Waals surface area contributed by atoms with Crippen LogP contribution >= 0.6 is 0 Å². The van der Waals surface area contributed by atoms with Crippen molar-refractivity contribution < 1.29 is 32.0 Å². The number of esters is 1. The normalized spacial score (nSPS) is 25.6. The summed E-state index contributed by atoms with van der Waals surface area (Å²) >= 11 is 0. The summed E-state index contributed by atoms with van der Waals surface area (Å²) in [5, 5.41) is 2.37. The lowest BCUT2D eigenvalue weighted by Gasteiger charge is -2.44. The minimum Gasteiger partial charge on any atom is -0.460 e. The molecule has 4 rings (SSSR count). The predicted octanol–water partition coefficient (Wildman–Crippen LogP) is 13.4. The van der Waals surface area contributed by atoms with E-state index in [1.165, 1.54) is 10.4 Å². The quantitative estimate of drug-likeness (QED) is 0.0808. The first-order valence-corrected chi connectivity index (χ1v) is 35.3. The third kappa shape index (κ3) is 14.5. The molecule has 2 aliphatic rings. The molecule has 7 nitrogen and oxygen atoms in total. The van der Waals surface area contributed by atoms with E-state index in [2.05, 4.69) is 221 Å². The van der Waals surface area contributed by atoms with Gasteiger partial charge in [-0.05, 0) is 94.5 Å². The molecular formula is C54H92O7Si4. The van der Waals surface area contributed by atoms with E-state index in [0.29, 0.717) is 25.9 Å². The van der Waals surface area contributed by atoms with Crippen molar-refractivity contribution >= 4 is 49.6 Å². The Morgan fingerprint density at radius 3 is 1.60 bits per heavy atom. The molecule has 0 unspecified atom stereocenters. The standard InChI is InChI=1S/C54H92O7Si4/c1-40-28-27-33-45(59-62(15,16)51(3,4)5)46(60-63(17,18)52(6,7)8)35-34-44-47(57-44)38-48(58-50(55)37-40)49(61-64(19,20)53(9,10)11)36-41(2)39-56-65(54(12,13)14,42-29-23-21-24-30-42)43-31-25-22-26-32-43/h21-27,29-35,40-41,44-49H,28,36-39H2,1-20H3/b33-27+,35-34+/t40-,41+,44-,45-,46-,47-,48-,49-/m0/s1. The van der Waals surface area contributed by atoms with Gasteiger partial charge in [0.25, 0.3) is 8.32 Å². The summed E-state index contributed by atoms with van der Waals surface area (Å²) in [6, 6.07) is 21.7. The van der Waals surface area contributed by atoms with Crippen molar-refractivity contribution in [2.75, 3.05) is 6.61 Å². The Bertz CT molecular complexity index is 1830. The number of rotatable bonds is 14. The highest BCUT2D eigenvalue weighted by Gasteiger charge is 2.51. The number of epoxide rings is 1. The second kappa shape index (κ2) is 21.4. The average molecular weight is 966 g/mol. The third-order valence-corrected chi connectivity index (χ3v) is 33.8. The van der Waals surface area contributed by atoms with Gasteiger partial charge in [-0.2, -0.15) is 0 Å². The molecule has 0 spiro atoms. The lowest BCUT2D eigenvalue weighted by atomic mass is 9.97. The van der Waals surface area contributed by atoms with E-state index < -0.39 is 39.4 Å². The number of cyclic esters (lactones) is 1. The van der Waals surface area contributed by atoms with Gasteiger partial charge < -0.3 is 27.2 Å². The molecule has 0 saturated carbocycles. The summed E-state index contributed by atoms with van der Waals surface area (Å²) in [6.07, 6.45) is 9.44. The van der Waals surface area contributed by atoms with Crippen LogP contribution in [0.1, 0.15) is 123 Å². The lowest BCUT2D eigenvalue weighted by molar-refractivity contribution is -0.157. The fraction of sp³-hybridized carbons (Fsp3) is 0.685. The highest BCUT2D eigenvalue weighted by atomic mass is 28.4. The molecule has 0 aliphatic carbocycles. The highest BCUT2D eigenvalue weighted by molar-refractivity contribution is 6.99. The first kappa shape index (κ1) is 55.7. The predicted molar refractivity (Wildman–Crippen MR) is 283 cm³/mol. The van der Waals surface area contributed by atoms with Gasteiger partial charge in [0.15, 0.2) is 25.0 Å². The van der Waals surface area contributed by atoms with Crippen molar-refractivity contribution in [1.82, 2.24) is 0 Å². The first-order valence-electron chi connectivity index (χ1n) is 24.7. The molecule has 0 N–H and O–H groups in total. The van der Waals surface area contributed by atoms with Crippen molar-refractivity contribution in [2.45, 2.75) is 219 Å². The van der Waals surface area contributed by atoms with Crippen LogP contribution in [0.25, 0.3) is 0 Å².